The third-order valence-corrected chi connectivity index (χ3v) is 3.99. The first-order valence-electron chi connectivity index (χ1n) is 6.11. The average molecular weight is 198 g/mol. The molecule has 0 saturated heterocycles. The molecular formula is C12H26N2. The van der Waals surface area contributed by atoms with Crippen molar-refractivity contribution in [3.63, 3.8) is 0 Å². The Bertz CT molecular complexity index is 166. The lowest BCUT2D eigenvalue weighted by Crippen LogP contribution is -2.43. The molecule has 0 heterocycles. The summed E-state index contributed by atoms with van der Waals surface area (Å²) in [5.74, 6) is 2.00. The highest BCUT2D eigenvalue weighted by Gasteiger charge is 2.35. The molecule has 0 radical (unpaired) electrons. The zero-order valence-corrected chi connectivity index (χ0v) is 9.87. The third kappa shape index (κ3) is 2.48. The molecule has 1 aliphatic carbocycles. The van der Waals surface area contributed by atoms with Crippen LogP contribution in [0.1, 0.15) is 46.5 Å². The summed E-state index contributed by atoms with van der Waals surface area (Å²) in [7, 11) is 0. The van der Waals surface area contributed by atoms with Crippen LogP contribution in [0.15, 0.2) is 0 Å². The molecule has 84 valence electrons. The Morgan fingerprint density at radius 1 is 1.21 bits per heavy atom. The first kappa shape index (κ1) is 12.0. The van der Waals surface area contributed by atoms with Crippen molar-refractivity contribution in [1.82, 2.24) is 0 Å². The fourth-order valence-electron chi connectivity index (χ4n) is 3.00. The second-order valence-electron chi connectivity index (χ2n) is 5.06. The van der Waals surface area contributed by atoms with Crippen LogP contribution in [0.5, 0.6) is 0 Å². The van der Waals surface area contributed by atoms with Gasteiger partial charge in [0.2, 0.25) is 0 Å². The van der Waals surface area contributed by atoms with Gasteiger partial charge in [0.05, 0.1) is 0 Å². The van der Waals surface area contributed by atoms with Gasteiger partial charge in [0.1, 0.15) is 0 Å². The molecule has 0 aromatic heterocycles. The van der Waals surface area contributed by atoms with E-state index in [0.29, 0.717) is 23.9 Å². The fourth-order valence-corrected chi connectivity index (χ4v) is 3.00. The first-order chi connectivity index (χ1) is 6.60. The predicted octanol–water partition coefficient (Wildman–Crippen LogP) is 2.12. The number of rotatable bonds is 4. The molecular weight excluding hydrogens is 172 g/mol. The Morgan fingerprint density at radius 2 is 1.79 bits per heavy atom. The largest absolute Gasteiger partial charge is 0.327 e. The van der Waals surface area contributed by atoms with Crippen LogP contribution in [0.25, 0.3) is 0 Å². The van der Waals surface area contributed by atoms with Crippen LogP contribution in [-0.2, 0) is 0 Å². The third-order valence-electron chi connectivity index (χ3n) is 3.99. The molecule has 1 rings (SSSR count). The lowest BCUT2D eigenvalue weighted by molar-refractivity contribution is 0.275. The second kappa shape index (κ2) is 5.13. The van der Waals surface area contributed by atoms with E-state index in [1.807, 2.05) is 0 Å². The Labute approximate surface area is 88.4 Å². The van der Waals surface area contributed by atoms with E-state index in [0.717, 1.165) is 5.92 Å². The van der Waals surface area contributed by atoms with Gasteiger partial charge in [-0.05, 0) is 30.6 Å². The van der Waals surface area contributed by atoms with Crippen LogP contribution in [0.3, 0.4) is 0 Å². The summed E-state index contributed by atoms with van der Waals surface area (Å²) in [4.78, 5) is 0. The summed E-state index contributed by atoms with van der Waals surface area (Å²) in [6, 6.07) is 0.672. The standard InChI is InChI=1S/C12H26N2/c1-4-9(5-2)12(14)10-6-8(3)7-11(10)13/h8-12H,4-7,13-14H2,1-3H3/t8-,10-,11-,12?/m1/s1. The Balaban J connectivity index is 2.55. The maximum atomic E-state index is 6.32. The fraction of sp³-hybridized carbons (Fsp3) is 1.00. The topological polar surface area (TPSA) is 52.0 Å². The highest BCUT2D eigenvalue weighted by atomic mass is 14.8. The van der Waals surface area contributed by atoms with Crippen molar-refractivity contribution < 1.29 is 0 Å². The van der Waals surface area contributed by atoms with Crippen LogP contribution in [0.4, 0.5) is 0 Å². The normalized spacial score (nSPS) is 35.1. The Morgan fingerprint density at radius 3 is 2.14 bits per heavy atom. The smallest absolute Gasteiger partial charge is 0.0110 e. The summed E-state index contributed by atoms with van der Waals surface area (Å²) in [6.45, 7) is 6.76. The van der Waals surface area contributed by atoms with E-state index < -0.39 is 0 Å². The molecule has 0 bridgehead atoms. The molecule has 0 amide bonds. The van der Waals surface area contributed by atoms with E-state index in [2.05, 4.69) is 20.8 Å². The molecule has 0 aliphatic heterocycles. The molecule has 0 spiro atoms. The number of nitrogens with two attached hydrogens (primary N) is 2. The highest BCUT2D eigenvalue weighted by Crippen LogP contribution is 2.34. The SMILES string of the molecule is CCC(CC)C(N)[C@@H]1C[C@@H](C)C[C@H]1N. The Kier molecular flexibility index (Phi) is 4.39. The van der Waals surface area contributed by atoms with Crippen molar-refractivity contribution in [1.29, 1.82) is 0 Å². The summed E-state index contributed by atoms with van der Waals surface area (Å²) in [5.41, 5.74) is 12.5. The van der Waals surface area contributed by atoms with Gasteiger partial charge in [-0.2, -0.15) is 0 Å². The van der Waals surface area contributed by atoms with E-state index >= 15 is 0 Å². The first-order valence-corrected chi connectivity index (χ1v) is 6.11. The van der Waals surface area contributed by atoms with Crippen LogP contribution in [-0.4, -0.2) is 12.1 Å². The molecule has 2 nitrogen and oxygen atoms in total. The molecule has 1 unspecified atom stereocenters. The van der Waals surface area contributed by atoms with Gasteiger partial charge in [-0.25, -0.2) is 0 Å². The lowest BCUT2D eigenvalue weighted by atomic mass is 9.83. The van der Waals surface area contributed by atoms with E-state index in [-0.39, 0.29) is 0 Å². The average Bonchev–Trinajstić information content (AvgIpc) is 2.47. The number of hydrogen-bond acceptors (Lipinski definition) is 2. The zero-order chi connectivity index (χ0) is 10.7. The summed E-state index contributed by atoms with van der Waals surface area (Å²) < 4.78 is 0. The van der Waals surface area contributed by atoms with Crippen molar-refractivity contribution in [2.24, 2.45) is 29.2 Å². The maximum Gasteiger partial charge on any atom is 0.0110 e. The van der Waals surface area contributed by atoms with Crippen molar-refractivity contribution in [2.75, 3.05) is 0 Å². The zero-order valence-electron chi connectivity index (χ0n) is 9.87. The molecule has 2 heteroatoms. The minimum absolute atomic E-state index is 0.324. The molecule has 1 fully saturated rings. The Hall–Kier alpha value is -0.0800. The van der Waals surface area contributed by atoms with E-state index in [4.69, 9.17) is 11.5 Å². The van der Waals surface area contributed by atoms with Gasteiger partial charge in [-0.3, -0.25) is 0 Å². The van der Waals surface area contributed by atoms with Gasteiger partial charge in [0, 0.05) is 12.1 Å². The lowest BCUT2D eigenvalue weighted by Gasteiger charge is -2.29. The van der Waals surface area contributed by atoms with Gasteiger partial charge in [-0.15, -0.1) is 0 Å². The number of hydrogen-bond donors (Lipinski definition) is 2. The van der Waals surface area contributed by atoms with Gasteiger partial charge in [-0.1, -0.05) is 33.6 Å². The summed E-state index contributed by atoms with van der Waals surface area (Å²) in [6.07, 6.45) is 4.78. The van der Waals surface area contributed by atoms with E-state index in [9.17, 15) is 0 Å². The summed E-state index contributed by atoms with van der Waals surface area (Å²) >= 11 is 0. The van der Waals surface area contributed by atoms with Crippen LogP contribution >= 0.6 is 0 Å². The second-order valence-corrected chi connectivity index (χ2v) is 5.06. The quantitative estimate of drug-likeness (QED) is 0.727. The highest BCUT2D eigenvalue weighted by molar-refractivity contribution is 4.92. The monoisotopic (exact) mass is 198 g/mol. The van der Waals surface area contributed by atoms with Gasteiger partial charge >= 0.3 is 0 Å². The molecule has 1 aliphatic rings. The molecule has 0 aromatic rings. The van der Waals surface area contributed by atoms with Gasteiger partial charge in [0.25, 0.3) is 0 Å². The van der Waals surface area contributed by atoms with Gasteiger partial charge < -0.3 is 11.5 Å². The minimum atomic E-state index is 0.324. The van der Waals surface area contributed by atoms with E-state index in [1.165, 1.54) is 25.7 Å². The van der Waals surface area contributed by atoms with Crippen molar-refractivity contribution >= 4 is 0 Å². The molecule has 14 heavy (non-hydrogen) atoms. The predicted molar refractivity (Wildman–Crippen MR) is 61.9 cm³/mol. The minimum Gasteiger partial charge on any atom is -0.327 e. The van der Waals surface area contributed by atoms with Crippen LogP contribution in [0, 0.1) is 17.8 Å². The van der Waals surface area contributed by atoms with E-state index in [1.54, 1.807) is 0 Å². The molecule has 4 atom stereocenters. The molecule has 0 aromatic carbocycles. The van der Waals surface area contributed by atoms with Gasteiger partial charge in [0.15, 0.2) is 0 Å². The maximum absolute atomic E-state index is 6.32. The molecule has 1 saturated carbocycles. The summed E-state index contributed by atoms with van der Waals surface area (Å²) in [5, 5.41) is 0. The van der Waals surface area contributed by atoms with Crippen molar-refractivity contribution in [2.45, 2.75) is 58.5 Å². The van der Waals surface area contributed by atoms with Crippen LogP contribution in [0.2, 0.25) is 0 Å². The molecule has 4 N–H and O–H groups in total. The van der Waals surface area contributed by atoms with Crippen molar-refractivity contribution in [3.8, 4) is 0 Å². The van der Waals surface area contributed by atoms with Crippen LogP contribution < -0.4 is 11.5 Å². The van der Waals surface area contributed by atoms with Crippen molar-refractivity contribution in [3.05, 3.63) is 0 Å².